The van der Waals surface area contributed by atoms with Gasteiger partial charge in [0.1, 0.15) is 0 Å². The molecule has 0 spiro atoms. The van der Waals surface area contributed by atoms with Gasteiger partial charge in [-0.3, -0.25) is 4.98 Å². The van der Waals surface area contributed by atoms with Gasteiger partial charge in [-0.05, 0) is 74.8 Å². The maximum Gasteiger partial charge on any atom is 0.164 e. The Morgan fingerprint density at radius 1 is 0.182 bits per heavy atom. The number of rotatable bonds is 10. The summed E-state index contributed by atoms with van der Waals surface area (Å²) in [5, 5.41) is 0. The van der Waals surface area contributed by atoms with Gasteiger partial charge in [-0.1, -0.05) is 194 Å². The molecule has 7 nitrogen and oxygen atoms in total. The first kappa shape index (κ1) is 39.8. The van der Waals surface area contributed by atoms with Gasteiger partial charge in [-0.25, -0.2) is 29.9 Å². The number of nitrogens with zero attached hydrogens (tertiary/aromatic N) is 7. The minimum Gasteiger partial charge on any atom is -0.265 e. The van der Waals surface area contributed by atoms with Crippen molar-refractivity contribution in [2.75, 3.05) is 0 Å². The molecule has 0 aliphatic rings. The minimum atomic E-state index is 0.577. The van der Waals surface area contributed by atoms with Crippen LogP contribution in [0, 0.1) is 0 Å². The number of hydrogen-bond acceptors (Lipinski definition) is 7. The summed E-state index contributed by atoms with van der Waals surface area (Å²) in [7, 11) is 0. The molecule has 0 radical (unpaired) electrons. The normalized spacial score (nSPS) is 11.0. The second-order valence-corrected chi connectivity index (χ2v) is 15.8. The lowest BCUT2D eigenvalue weighted by Gasteiger charge is -2.17. The van der Waals surface area contributed by atoms with Crippen molar-refractivity contribution in [2.45, 2.75) is 0 Å². The average Bonchev–Trinajstić information content (AvgIpc) is 3.42. The molecule has 11 rings (SSSR count). The molecular formula is C59H39N7. The van der Waals surface area contributed by atoms with Crippen molar-refractivity contribution in [2.24, 2.45) is 0 Å². The Labute approximate surface area is 383 Å². The van der Waals surface area contributed by atoms with Gasteiger partial charge in [0, 0.05) is 45.8 Å². The molecule has 3 aromatic heterocycles. The van der Waals surface area contributed by atoms with Crippen molar-refractivity contribution in [3.05, 3.63) is 237 Å². The van der Waals surface area contributed by atoms with E-state index in [2.05, 4.69) is 114 Å². The van der Waals surface area contributed by atoms with E-state index >= 15 is 0 Å². The van der Waals surface area contributed by atoms with Crippen LogP contribution in [0.3, 0.4) is 0 Å². The smallest absolute Gasteiger partial charge is 0.164 e. The summed E-state index contributed by atoms with van der Waals surface area (Å²) < 4.78 is 0. The molecule has 7 heteroatoms. The summed E-state index contributed by atoms with van der Waals surface area (Å²) in [5.74, 6) is 3.56. The van der Waals surface area contributed by atoms with E-state index in [-0.39, 0.29) is 0 Å². The predicted octanol–water partition coefficient (Wildman–Crippen LogP) is 14.1. The Bertz CT molecular complexity index is 3400. The molecule has 0 fully saturated rings. The highest BCUT2D eigenvalue weighted by atomic mass is 15.0. The van der Waals surface area contributed by atoms with E-state index in [1.54, 1.807) is 0 Å². The first-order chi connectivity index (χ1) is 32.7. The maximum absolute atomic E-state index is 5.17. The van der Waals surface area contributed by atoms with Crippen molar-refractivity contribution in [3.8, 4) is 113 Å². The average molecular weight is 846 g/mol. The van der Waals surface area contributed by atoms with Gasteiger partial charge in [-0.2, -0.15) is 0 Å². The zero-order valence-electron chi connectivity index (χ0n) is 35.6. The van der Waals surface area contributed by atoms with E-state index in [0.29, 0.717) is 34.9 Å². The van der Waals surface area contributed by atoms with Crippen molar-refractivity contribution in [1.29, 1.82) is 0 Å². The van der Waals surface area contributed by atoms with Gasteiger partial charge >= 0.3 is 0 Å². The summed E-state index contributed by atoms with van der Waals surface area (Å²) in [4.78, 5) is 35.0. The lowest BCUT2D eigenvalue weighted by molar-refractivity contribution is 1.07. The van der Waals surface area contributed by atoms with Crippen LogP contribution in [0.1, 0.15) is 0 Å². The van der Waals surface area contributed by atoms with Gasteiger partial charge in [0.2, 0.25) is 0 Å². The summed E-state index contributed by atoms with van der Waals surface area (Å²) in [6.07, 6.45) is 3.65. The molecule has 66 heavy (non-hydrogen) atoms. The topological polar surface area (TPSA) is 90.2 Å². The molecule has 0 unspecified atom stereocenters. The van der Waals surface area contributed by atoms with Crippen molar-refractivity contribution in [3.63, 3.8) is 0 Å². The lowest BCUT2D eigenvalue weighted by Crippen LogP contribution is -2.01. The highest BCUT2D eigenvalue weighted by molar-refractivity contribution is 5.93. The number of benzene rings is 8. The second kappa shape index (κ2) is 18.0. The van der Waals surface area contributed by atoms with Gasteiger partial charge in [0.15, 0.2) is 34.9 Å². The van der Waals surface area contributed by atoms with Crippen molar-refractivity contribution in [1.82, 2.24) is 34.9 Å². The molecule has 0 saturated heterocycles. The maximum atomic E-state index is 5.17. The van der Waals surface area contributed by atoms with Crippen LogP contribution in [0.15, 0.2) is 237 Å². The molecule has 310 valence electrons. The lowest BCUT2D eigenvalue weighted by atomic mass is 9.88. The molecular weight excluding hydrogens is 807 g/mol. The third kappa shape index (κ3) is 8.28. The molecule has 0 aliphatic heterocycles. The fourth-order valence-corrected chi connectivity index (χ4v) is 8.23. The Morgan fingerprint density at radius 2 is 0.545 bits per heavy atom. The molecule has 11 aromatic rings. The van der Waals surface area contributed by atoms with Crippen LogP contribution in [-0.4, -0.2) is 34.9 Å². The second-order valence-electron chi connectivity index (χ2n) is 15.8. The largest absolute Gasteiger partial charge is 0.265 e. The first-order valence-electron chi connectivity index (χ1n) is 21.8. The standard InChI is InChI=1S/C59H39N7/c1-5-17-40(18-6-1)45-25-15-27-48(37-45)57-62-54(42-19-7-2-8-20-42)63-58(64-57)49-28-16-26-47(38-49)50-32-31-46(41-33-35-60-36-34-41)39-53(50)51-29-13-14-30-52(51)59-65-55(43-21-9-3-10-22-43)61-56(66-59)44-23-11-4-12-24-44/h1-39H. The Kier molecular flexibility index (Phi) is 10.8. The fraction of sp³-hybridized carbons (Fsp3) is 0. The van der Waals surface area contributed by atoms with Crippen molar-refractivity contribution < 1.29 is 0 Å². The van der Waals surface area contributed by atoms with Crippen LogP contribution >= 0.6 is 0 Å². The summed E-state index contributed by atoms with van der Waals surface area (Å²) in [6, 6.07) is 76.4. The van der Waals surface area contributed by atoms with Crippen LogP contribution in [-0.2, 0) is 0 Å². The van der Waals surface area contributed by atoms with Gasteiger partial charge in [-0.15, -0.1) is 0 Å². The van der Waals surface area contributed by atoms with E-state index in [0.717, 1.165) is 77.9 Å². The fourth-order valence-electron chi connectivity index (χ4n) is 8.23. The third-order valence-corrected chi connectivity index (χ3v) is 11.5. The summed E-state index contributed by atoms with van der Waals surface area (Å²) in [6.45, 7) is 0. The quantitative estimate of drug-likeness (QED) is 0.135. The monoisotopic (exact) mass is 845 g/mol. The Morgan fingerprint density at radius 3 is 1.08 bits per heavy atom. The number of aromatic nitrogens is 7. The molecule has 0 saturated carbocycles. The molecule has 0 aliphatic carbocycles. The zero-order valence-corrected chi connectivity index (χ0v) is 35.6. The van der Waals surface area contributed by atoms with E-state index in [9.17, 15) is 0 Å². The van der Waals surface area contributed by atoms with Gasteiger partial charge in [0.25, 0.3) is 0 Å². The molecule has 0 atom stereocenters. The highest BCUT2D eigenvalue weighted by Crippen LogP contribution is 2.41. The van der Waals surface area contributed by atoms with E-state index in [1.807, 2.05) is 128 Å². The third-order valence-electron chi connectivity index (χ3n) is 11.5. The van der Waals surface area contributed by atoms with Gasteiger partial charge < -0.3 is 0 Å². The Hall–Kier alpha value is -9.07. The van der Waals surface area contributed by atoms with E-state index in [1.165, 1.54) is 0 Å². The SMILES string of the molecule is c1ccc(-c2cccc(-c3nc(-c4ccccc4)nc(-c4cccc(-c5ccc(-c6ccncc6)cc5-c5ccccc5-c5nc(-c6ccccc6)nc(-c6ccccc6)n5)c4)n3)c2)cc1. The molecule has 0 amide bonds. The number of hydrogen-bond donors (Lipinski definition) is 0. The van der Waals surface area contributed by atoms with Crippen LogP contribution in [0.4, 0.5) is 0 Å². The van der Waals surface area contributed by atoms with E-state index < -0.39 is 0 Å². The highest BCUT2D eigenvalue weighted by Gasteiger charge is 2.20. The van der Waals surface area contributed by atoms with Gasteiger partial charge in [0.05, 0.1) is 0 Å². The molecule has 0 N–H and O–H groups in total. The number of pyridine rings is 1. The summed E-state index contributed by atoms with van der Waals surface area (Å²) in [5.41, 5.74) is 13.7. The molecule has 8 aromatic carbocycles. The van der Waals surface area contributed by atoms with Crippen LogP contribution in [0.5, 0.6) is 0 Å². The van der Waals surface area contributed by atoms with Crippen molar-refractivity contribution >= 4 is 0 Å². The zero-order chi connectivity index (χ0) is 44.1. The summed E-state index contributed by atoms with van der Waals surface area (Å²) >= 11 is 0. The van der Waals surface area contributed by atoms with Crippen LogP contribution in [0.25, 0.3) is 113 Å². The van der Waals surface area contributed by atoms with Crippen LogP contribution < -0.4 is 0 Å². The minimum absolute atomic E-state index is 0.577. The Balaban J connectivity index is 1.08. The van der Waals surface area contributed by atoms with Crippen LogP contribution in [0.2, 0.25) is 0 Å². The molecule has 0 bridgehead atoms. The predicted molar refractivity (Wildman–Crippen MR) is 265 cm³/mol. The van der Waals surface area contributed by atoms with E-state index in [4.69, 9.17) is 29.9 Å². The molecule has 3 heterocycles. The first-order valence-corrected chi connectivity index (χ1v) is 21.8.